The summed E-state index contributed by atoms with van der Waals surface area (Å²) < 4.78 is 5.51. The third-order valence-corrected chi connectivity index (χ3v) is 2.75. The molecule has 1 atom stereocenters. The third kappa shape index (κ3) is 13.3. The quantitative estimate of drug-likeness (QED) is 0.648. The highest BCUT2D eigenvalue weighted by Gasteiger charge is 2.09. The maximum atomic E-state index is 11.6. The number of rotatable bonds is 9. The molecule has 4 nitrogen and oxygen atoms in total. The molecular weight excluding hydrogens is 242 g/mol. The first-order chi connectivity index (χ1) is 8.97. The Kier molecular flexibility index (Phi) is 14.5. The van der Waals surface area contributed by atoms with Gasteiger partial charge in [0, 0.05) is 26.4 Å². The van der Waals surface area contributed by atoms with Gasteiger partial charge in [0.2, 0.25) is 5.91 Å². The number of carbonyl (C=O) groups is 2. The first-order valence-electron chi connectivity index (χ1n) is 7.32. The molecule has 0 aromatic rings. The maximum absolute atomic E-state index is 11.6. The molecule has 0 bridgehead atoms. The Morgan fingerprint density at radius 3 is 2.26 bits per heavy atom. The van der Waals surface area contributed by atoms with Gasteiger partial charge >= 0.3 is 0 Å². The standard InChI is InChI=1S/C13H25NO3.C2H6/c1-5-12(3)17-10-9-14(4)13(16)8-6-7-11(2)15;1-2/h12H,5-10H2,1-4H3;1-2H3. The summed E-state index contributed by atoms with van der Waals surface area (Å²) in [6, 6.07) is 0. The Balaban J connectivity index is 0. The predicted molar refractivity (Wildman–Crippen MR) is 79.2 cm³/mol. The van der Waals surface area contributed by atoms with Crippen LogP contribution in [0.25, 0.3) is 0 Å². The molecule has 0 aliphatic carbocycles. The van der Waals surface area contributed by atoms with E-state index < -0.39 is 0 Å². The molecule has 0 radical (unpaired) electrons. The topological polar surface area (TPSA) is 46.6 Å². The number of hydrogen-bond donors (Lipinski definition) is 0. The molecule has 0 N–H and O–H groups in total. The van der Waals surface area contributed by atoms with Crippen LogP contribution in [0.15, 0.2) is 0 Å². The molecule has 0 saturated carbocycles. The molecule has 0 heterocycles. The van der Waals surface area contributed by atoms with Crippen LogP contribution in [0.3, 0.4) is 0 Å². The lowest BCUT2D eigenvalue weighted by molar-refractivity contribution is -0.131. The van der Waals surface area contributed by atoms with Crippen LogP contribution in [-0.2, 0) is 14.3 Å². The van der Waals surface area contributed by atoms with Crippen LogP contribution in [0.5, 0.6) is 0 Å². The number of ether oxygens (including phenoxy) is 1. The Morgan fingerprint density at radius 2 is 1.79 bits per heavy atom. The van der Waals surface area contributed by atoms with Gasteiger partial charge in [-0.25, -0.2) is 0 Å². The van der Waals surface area contributed by atoms with E-state index in [9.17, 15) is 9.59 Å². The molecule has 19 heavy (non-hydrogen) atoms. The third-order valence-electron chi connectivity index (χ3n) is 2.75. The molecule has 0 spiro atoms. The van der Waals surface area contributed by atoms with Crippen LogP contribution in [-0.4, -0.2) is 42.9 Å². The Morgan fingerprint density at radius 1 is 1.21 bits per heavy atom. The van der Waals surface area contributed by atoms with E-state index in [0.717, 1.165) is 6.42 Å². The molecule has 114 valence electrons. The van der Waals surface area contributed by atoms with Crippen molar-refractivity contribution in [1.82, 2.24) is 4.90 Å². The van der Waals surface area contributed by atoms with E-state index in [0.29, 0.717) is 32.4 Å². The molecule has 4 heteroatoms. The van der Waals surface area contributed by atoms with Crippen LogP contribution in [0.2, 0.25) is 0 Å². The summed E-state index contributed by atoms with van der Waals surface area (Å²) in [7, 11) is 1.77. The SMILES string of the molecule is CC.CCC(C)OCCN(C)C(=O)CCCC(C)=O. The van der Waals surface area contributed by atoms with Crippen molar-refractivity contribution in [2.24, 2.45) is 0 Å². The predicted octanol–water partition coefficient (Wildman–Crippen LogP) is 3.05. The summed E-state index contributed by atoms with van der Waals surface area (Å²) in [6.07, 6.45) is 2.81. The second-order valence-corrected chi connectivity index (χ2v) is 4.46. The second kappa shape index (κ2) is 13.5. The Hall–Kier alpha value is -0.900. The normalized spacial score (nSPS) is 11.3. The molecule has 0 aliphatic heterocycles. The zero-order chi connectivity index (χ0) is 15.3. The summed E-state index contributed by atoms with van der Waals surface area (Å²) in [5, 5.41) is 0. The fourth-order valence-corrected chi connectivity index (χ4v) is 1.31. The van der Waals surface area contributed by atoms with E-state index in [2.05, 4.69) is 6.92 Å². The van der Waals surface area contributed by atoms with Crippen molar-refractivity contribution in [3.8, 4) is 0 Å². The first-order valence-corrected chi connectivity index (χ1v) is 7.32. The van der Waals surface area contributed by atoms with Gasteiger partial charge in [-0.3, -0.25) is 4.79 Å². The van der Waals surface area contributed by atoms with Crippen molar-refractivity contribution in [1.29, 1.82) is 0 Å². The second-order valence-electron chi connectivity index (χ2n) is 4.46. The average molecular weight is 273 g/mol. The van der Waals surface area contributed by atoms with Gasteiger partial charge in [0.15, 0.2) is 0 Å². The van der Waals surface area contributed by atoms with E-state index in [1.165, 1.54) is 0 Å². The summed E-state index contributed by atoms with van der Waals surface area (Å²) >= 11 is 0. The zero-order valence-electron chi connectivity index (χ0n) is 13.5. The summed E-state index contributed by atoms with van der Waals surface area (Å²) in [6.45, 7) is 10.8. The molecule has 0 saturated heterocycles. The monoisotopic (exact) mass is 273 g/mol. The molecule has 1 unspecified atom stereocenters. The lowest BCUT2D eigenvalue weighted by Crippen LogP contribution is -2.30. The van der Waals surface area contributed by atoms with Crippen LogP contribution < -0.4 is 0 Å². The lowest BCUT2D eigenvalue weighted by atomic mass is 10.2. The number of nitrogens with zero attached hydrogens (tertiary/aromatic N) is 1. The van der Waals surface area contributed by atoms with E-state index >= 15 is 0 Å². The summed E-state index contributed by atoms with van der Waals surface area (Å²) in [5.74, 6) is 0.222. The van der Waals surface area contributed by atoms with Crippen molar-refractivity contribution < 1.29 is 14.3 Å². The van der Waals surface area contributed by atoms with Gasteiger partial charge in [-0.05, 0) is 26.7 Å². The van der Waals surface area contributed by atoms with Crippen molar-refractivity contribution in [2.75, 3.05) is 20.2 Å². The van der Waals surface area contributed by atoms with Crippen molar-refractivity contribution in [3.05, 3.63) is 0 Å². The van der Waals surface area contributed by atoms with Gasteiger partial charge in [-0.1, -0.05) is 20.8 Å². The van der Waals surface area contributed by atoms with E-state index in [-0.39, 0.29) is 17.8 Å². The van der Waals surface area contributed by atoms with Crippen molar-refractivity contribution in [3.63, 3.8) is 0 Å². The number of likely N-dealkylation sites (N-methyl/N-ethyl adjacent to an activating group) is 1. The van der Waals surface area contributed by atoms with Gasteiger partial charge in [0.05, 0.1) is 12.7 Å². The highest BCUT2D eigenvalue weighted by molar-refractivity contribution is 5.78. The van der Waals surface area contributed by atoms with Crippen LogP contribution >= 0.6 is 0 Å². The number of ketones is 1. The Bertz CT molecular complexity index is 242. The van der Waals surface area contributed by atoms with Crippen molar-refractivity contribution in [2.45, 2.75) is 66.4 Å². The molecule has 0 aromatic heterocycles. The van der Waals surface area contributed by atoms with Crippen molar-refractivity contribution >= 4 is 11.7 Å². The van der Waals surface area contributed by atoms with Crippen LogP contribution in [0, 0.1) is 0 Å². The summed E-state index contributed by atoms with van der Waals surface area (Å²) in [4.78, 5) is 24.0. The molecular formula is C15H31NO3. The minimum absolute atomic E-state index is 0.0824. The van der Waals surface area contributed by atoms with E-state index in [1.54, 1.807) is 18.9 Å². The van der Waals surface area contributed by atoms with Gasteiger partial charge in [-0.2, -0.15) is 0 Å². The highest BCUT2D eigenvalue weighted by Crippen LogP contribution is 2.01. The number of amides is 1. The summed E-state index contributed by atoms with van der Waals surface area (Å²) in [5.41, 5.74) is 0. The van der Waals surface area contributed by atoms with Gasteiger partial charge in [0.1, 0.15) is 5.78 Å². The Labute approximate surface area is 118 Å². The molecule has 1 amide bonds. The zero-order valence-corrected chi connectivity index (χ0v) is 13.5. The van der Waals surface area contributed by atoms with Crippen LogP contribution in [0.1, 0.15) is 60.3 Å². The van der Waals surface area contributed by atoms with E-state index in [4.69, 9.17) is 4.74 Å². The smallest absolute Gasteiger partial charge is 0.222 e. The van der Waals surface area contributed by atoms with Gasteiger partial charge in [0.25, 0.3) is 0 Å². The minimum atomic E-state index is 0.0824. The molecule has 0 fully saturated rings. The number of Topliss-reactive ketones (excluding diaryl/α,β-unsaturated/α-hetero) is 1. The van der Waals surface area contributed by atoms with Gasteiger partial charge in [-0.15, -0.1) is 0 Å². The molecule has 0 aliphatic rings. The fraction of sp³-hybridized carbons (Fsp3) is 0.867. The van der Waals surface area contributed by atoms with Gasteiger partial charge < -0.3 is 14.4 Å². The maximum Gasteiger partial charge on any atom is 0.222 e. The molecule has 0 rings (SSSR count). The number of carbonyl (C=O) groups excluding carboxylic acids is 2. The minimum Gasteiger partial charge on any atom is -0.377 e. The molecule has 0 aromatic carbocycles. The van der Waals surface area contributed by atoms with Crippen LogP contribution in [0.4, 0.5) is 0 Å². The highest BCUT2D eigenvalue weighted by atomic mass is 16.5. The van der Waals surface area contributed by atoms with E-state index in [1.807, 2.05) is 20.8 Å². The average Bonchev–Trinajstić information content (AvgIpc) is 2.40. The largest absolute Gasteiger partial charge is 0.377 e. The fourth-order valence-electron chi connectivity index (χ4n) is 1.31. The first kappa shape index (κ1) is 20.4. The lowest BCUT2D eigenvalue weighted by Gasteiger charge is -2.18. The number of hydrogen-bond acceptors (Lipinski definition) is 3.